The lowest BCUT2D eigenvalue weighted by Crippen LogP contribution is -2.38. The molecule has 0 saturated carbocycles. The van der Waals surface area contributed by atoms with Crippen molar-refractivity contribution < 1.29 is 24.2 Å². The van der Waals surface area contributed by atoms with Crippen LogP contribution < -0.4 is 4.74 Å². The van der Waals surface area contributed by atoms with Crippen molar-refractivity contribution in [3.8, 4) is 5.75 Å². The standard InChI is InChI=1S/C12H16N2O5/c1-18-6-5-14(8-11(15)16)12(17)9-3-4-13-7-10(9)19-2/h3-4,7H,5-6,8H2,1-2H3,(H,15,16). The minimum Gasteiger partial charge on any atom is -0.494 e. The van der Waals surface area contributed by atoms with Gasteiger partial charge in [-0.05, 0) is 6.07 Å². The lowest BCUT2D eigenvalue weighted by Gasteiger charge is -2.21. The molecule has 0 radical (unpaired) electrons. The van der Waals surface area contributed by atoms with E-state index in [9.17, 15) is 9.59 Å². The molecule has 0 saturated heterocycles. The van der Waals surface area contributed by atoms with Crippen LogP contribution >= 0.6 is 0 Å². The number of nitrogens with zero attached hydrogens (tertiary/aromatic N) is 2. The maximum absolute atomic E-state index is 12.3. The third-order valence-corrected chi connectivity index (χ3v) is 2.41. The highest BCUT2D eigenvalue weighted by Crippen LogP contribution is 2.17. The van der Waals surface area contributed by atoms with Crippen LogP contribution in [0.3, 0.4) is 0 Å². The summed E-state index contributed by atoms with van der Waals surface area (Å²) in [5.41, 5.74) is 0.273. The van der Waals surface area contributed by atoms with E-state index in [0.29, 0.717) is 5.75 Å². The van der Waals surface area contributed by atoms with E-state index in [1.165, 1.54) is 37.6 Å². The van der Waals surface area contributed by atoms with E-state index in [1.54, 1.807) is 0 Å². The van der Waals surface area contributed by atoms with E-state index in [0.717, 1.165) is 0 Å². The lowest BCUT2D eigenvalue weighted by molar-refractivity contribution is -0.137. The molecule has 0 fully saturated rings. The highest BCUT2D eigenvalue weighted by molar-refractivity contribution is 5.98. The van der Waals surface area contributed by atoms with Crippen LogP contribution in [0, 0.1) is 0 Å². The highest BCUT2D eigenvalue weighted by atomic mass is 16.5. The van der Waals surface area contributed by atoms with Crippen LogP contribution in [-0.2, 0) is 9.53 Å². The number of rotatable bonds is 7. The van der Waals surface area contributed by atoms with Crippen LogP contribution in [0.15, 0.2) is 18.5 Å². The number of methoxy groups -OCH3 is 2. The number of aromatic nitrogens is 1. The van der Waals surface area contributed by atoms with Gasteiger partial charge in [-0.25, -0.2) is 0 Å². The highest BCUT2D eigenvalue weighted by Gasteiger charge is 2.21. The number of aliphatic carboxylic acids is 1. The maximum Gasteiger partial charge on any atom is 0.323 e. The summed E-state index contributed by atoms with van der Waals surface area (Å²) in [5.74, 6) is -1.21. The fourth-order valence-electron chi connectivity index (χ4n) is 1.51. The van der Waals surface area contributed by atoms with Gasteiger partial charge in [-0.2, -0.15) is 0 Å². The van der Waals surface area contributed by atoms with Crippen LogP contribution in [0.1, 0.15) is 10.4 Å². The molecule has 0 unspecified atom stereocenters. The number of carbonyl (C=O) groups is 2. The Hall–Kier alpha value is -2.15. The van der Waals surface area contributed by atoms with Crippen LogP contribution in [0.25, 0.3) is 0 Å². The summed E-state index contributed by atoms with van der Waals surface area (Å²) < 4.78 is 9.90. The fourth-order valence-corrected chi connectivity index (χ4v) is 1.51. The number of hydrogen-bond donors (Lipinski definition) is 1. The van der Waals surface area contributed by atoms with Crippen molar-refractivity contribution in [3.05, 3.63) is 24.0 Å². The van der Waals surface area contributed by atoms with Gasteiger partial charge in [0.1, 0.15) is 12.3 Å². The maximum atomic E-state index is 12.3. The molecule has 1 aromatic heterocycles. The van der Waals surface area contributed by atoms with Crippen LogP contribution in [0.4, 0.5) is 0 Å². The third kappa shape index (κ3) is 4.22. The predicted molar refractivity (Wildman–Crippen MR) is 66.2 cm³/mol. The summed E-state index contributed by atoms with van der Waals surface area (Å²) in [7, 11) is 2.90. The van der Waals surface area contributed by atoms with Crippen molar-refractivity contribution in [2.75, 3.05) is 33.9 Å². The zero-order valence-corrected chi connectivity index (χ0v) is 10.8. The summed E-state index contributed by atoms with van der Waals surface area (Å²) in [6.45, 7) is 0.0488. The SMILES string of the molecule is COCCN(CC(=O)O)C(=O)c1ccncc1OC. The molecule has 0 aliphatic heterocycles. The van der Waals surface area contributed by atoms with E-state index in [2.05, 4.69) is 4.98 Å². The molecule has 7 heteroatoms. The Bertz CT molecular complexity index is 450. The molecular formula is C12H16N2O5. The van der Waals surface area contributed by atoms with E-state index in [-0.39, 0.29) is 18.7 Å². The van der Waals surface area contributed by atoms with E-state index in [1.807, 2.05) is 0 Å². The Morgan fingerprint density at radius 3 is 2.74 bits per heavy atom. The fraction of sp³-hybridized carbons (Fsp3) is 0.417. The number of carboxylic acid groups (broad SMARTS) is 1. The molecule has 104 valence electrons. The van der Waals surface area contributed by atoms with Gasteiger partial charge in [-0.1, -0.05) is 0 Å². The molecule has 1 N–H and O–H groups in total. The summed E-state index contributed by atoms with van der Waals surface area (Å²) in [6.07, 6.45) is 2.85. The molecule has 1 aromatic rings. The van der Waals surface area contributed by atoms with Crippen molar-refractivity contribution in [1.82, 2.24) is 9.88 Å². The van der Waals surface area contributed by atoms with Crippen LogP contribution in [0.2, 0.25) is 0 Å². The van der Waals surface area contributed by atoms with Gasteiger partial charge in [0.05, 0.1) is 25.5 Å². The van der Waals surface area contributed by atoms with Crippen molar-refractivity contribution >= 4 is 11.9 Å². The van der Waals surface area contributed by atoms with Crippen LogP contribution in [0.5, 0.6) is 5.75 Å². The van der Waals surface area contributed by atoms with E-state index < -0.39 is 18.4 Å². The summed E-state index contributed by atoms with van der Waals surface area (Å²) in [6, 6.07) is 1.49. The van der Waals surface area contributed by atoms with Gasteiger partial charge >= 0.3 is 5.97 Å². The molecule has 0 bridgehead atoms. The Kier molecular flexibility index (Phi) is 5.74. The second-order valence-corrected chi connectivity index (χ2v) is 3.69. The zero-order valence-electron chi connectivity index (χ0n) is 10.8. The molecule has 0 aromatic carbocycles. The largest absolute Gasteiger partial charge is 0.494 e. The lowest BCUT2D eigenvalue weighted by atomic mass is 10.2. The summed E-state index contributed by atoms with van der Waals surface area (Å²) in [5, 5.41) is 8.83. The van der Waals surface area contributed by atoms with Crippen molar-refractivity contribution in [1.29, 1.82) is 0 Å². The average Bonchev–Trinajstić information content (AvgIpc) is 2.42. The predicted octanol–water partition coefficient (Wildman–Crippen LogP) is 0.263. The van der Waals surface area contributed by atoms with Gasteiger partial charge < -0.3 is 19.5 Å². The number of amides is 1. The van der Waals surface area contributed by atoms with E-state index >= 15 is 0 Å². The van der Waals surface area contributed by atoms with Crippen molar-refractivity contribution in [2.45, 2.75) is 0 Å². The van der Waals surface area contributed by atoms with E-state index in [4.69, 9.17) is 14.6 Å². The smallest absolute Gasteiger partial charge is 0.323 e. The van der Waals surface area contributed by atoms with Crippen molar-refractivity contribution in [3.63, 3.8) is 0 Å². The second-order valence-electron chi connectivity index (χ2n) is 3.69. The Labute approximate surface area is 110 Å². The van der Waals surface area contributed by atoms with Gasteiger partial charge in [0.15, 0.2) is 0 Å². The molecule has 0 aliphatic rings. The molecule has 1 rings (SSSR count). The zero-order chi connectivity index (χ0) is 14.3. The van der Waals surface area contributed by atoms with Gasteiger partial charge in [0.25, 0.3) is 5.91 Å². The number of pyridine rings is 1. The molecule has 7 nitrogen and oxygen atoms in total. The second kappa shape index (κ2) is 7.32. The Balaban J connectivity index is 2.93. The van der Waals surface area contributed by atoms with Crippen LogP contribution in [-0.4, -0.2) is 60.8 Å². The van der Waals surface area contributed by atoms with Gasteiger partial charge in [-0.3, -0.25) is 14.6 Å². The normalized spacial score (nSPS) is 10.0. The minimum absolute atomic E-state index is 0.188. The first kappa shape index (κ1) is 14.9. The topological polar surface area (TPSA) is 89.0 Å². The number of hydrogen-bond acceptors (Lipinski definition) is 5. The first-order valence-corrected chi connectivity index (χ1v) is 5.58. The quantitative estimate of drug-likeness (QED) is 0.763. The van der Waals surface area contributed by atoms with Crippen molar-refractivity contribution in [2.24, 2.45) is 0 Å². The molecule has 1 amide bonds. The average molecular weight is 268 g/mol. The summed E-state index contributed by atoms with van der Waals surface area (Å²) in [4.78, 5) is 28.1. The van der Waals surface area contributed by atoms with Gasteiger partial charge in [-0.15, -0.1) is 0 Å². The molecule has 0 aliphatic carbocycles. The molecule has 0 spiro atoms. The number of carboxylic acids is 1. The molecule has 19 heavy (non-hydrogen) atoms. The Morgan fingerprint density at radius 1 is 1.42 bits per heavy atom. The first-order chi connectivity index (χ1) is 9.10. The molecule has 1 heterocycles. The van der Waals surface area contributed by atoms with Gasteiger partial charge in [0.2, 0.25) is 0 Å². The third-order valence-electron chi connectivity index (χ3n) is 2.41. The van der Waals surface area contributed by atoms with Gasteiger partial charge in [0, 0.05) is 19.9 Å². The minimum atomic E-state index is -1.09. The summed E-state index contributed by atoms with van der Waals surface area (Å²) >= 11 is 0. The Morgan fingerprint density at radius 2 is 2.16 bits per heavy atom. The molecular weight excluding hydrogens is 252 g/mol. The molecule has 0 atom stereocenters. The number of ether oxygens (including phenoxy) is 2. The number of carbonyl (C=O) groups excluding carboxylic acids is 1. The first-order valence-electron chi connectivity index (χ1n) is 5.58. The monoisotopic (exact) mass is 268 g/mol.